The second-order valence-corrected chi connectivity index (χ2v) is 6.76. The van der Waals surface area contributed by atoms with Crippen LogP contribution < -0.4 is 11.3 Å². The maximum absolute atomic E-state index is 13.5. The lowest BCUT2D eigenvalue weighted by Gasteiger charge is -2.22. The molecule has 0 radical (unpaired) electrons. The number of hydrogen-bond acceptors (Lipinski definition) is 8. The number of aliphatic hydroxyl groups excluding tert-OH is 3. The molecule has 9 nitrogen and oxygen atoms in total. The Morgan fingerprint density at radius 1 is 1.18 bits per heavy atom. The summed E-state index contributed by atoms with van der Waals surface area (Å²) in [5.41, 5.74) is 2.93. The lowest BCUT2D eigenvalue weighted by atomic mass is 9.92. The lowest BCUT2D eigenvalue weighted by Crippen LogP contribution is -2.31. The van der Waals surface area contributed by atoms with Gasteiger partial charge in [0.25, 0.3) is 0 Å². The standard InChI is InChI=1S/C17H18F2N6O3/c18-10-2-1-7(3-11(10)19)13(26)8-4-12(15(28)14(8)27)25-17-9(5-23-25)16(24-20)21-6-22-17/h1-3,5-6,8,12-15,26-28H,4,20H2,(H,21,22,24)/t8-,12-,13?,14-,15+/m1/s1. The van der Waals surface area contributed by atoms with E-state index >= 15 is 0 Å². The first-order valence-electron chi connectivity index (χ1n) is 8.56. The zero-order valence-corrected chi connectivity index (χ0v) is 14.4. The maximum atomic E-state index is 13.5. The van der Waals surface area contributed by atoms with Crippen molar-refractivity contribution in [3.8, 4) is 0 Å². The molecule has 0 spiro atoms. The number of aromatic nitrogens is 4. The van der Waals surface area contributed by atoms with Crippen molar-refractivity contribution in [1.29, 1.82) is 0 Å². The molecule has 2 heterocycles. The number of fused-ring (bicyclic) bond motifs is 1. The number of rotatable bonds is 4. The monoisotopic (exact) mass is 392 g/mol. The highest BCUT2D eigenvalue weighted by molar-refractivity contribution is 5.85. The van der Waals surface area contributed by atoms with Crippen LogP contribution in [-0.2, 0) is 0 Å². The highest BCUT2D eigenvalue weighted by Crippen LogP contribution is 2.42. The van der Waals surface area contributed by atoms with E-state index in [-0.39, 0.29) is 12.0 Å². The summed E-state index contributed by atoms with van der Waals surface area (Å²) >= 11 is 0. The van der Waals surface area contributed by atoms with Gasteiger partial charge in [-0.05, 0) is 24.1 Å². The number of aliphatic hydroxyl groups is 3. The van der Waals surface area contributed by atoms with E-state index in [1.54, 1.807) is 0 Å². The molecule has 1 aliphatic carbocycles. The van der Waals surface area contributed by atoms with Crippen molar-refractivity contribution in [3.63, 3.8) is 0 Å². The number of anilines is 1. The van der Waals surface area contributed by atoms with Gasteiger partial charge in [-0.25, -0.2) is 29.3 Å². The van der Waals surface area contributed by atoms with Crippen LogP contribution in [0.1, 0.15) is 24.1 Å². The summed E-state index contributed by atoms with van der Waals surface area (Å²) in [5.74, 6) is 2.81. The van der Waals surface area contributed by atoms with Gasteiger partial charge in [-0.15, -0.1) is 0 Å². The predicted molar refractivity (Wildman–Crippen MR) is 93.6 cm³/mol. The molecule has 28 heavy (non-hydrogen) atoms. The molecule has 3 aromatic rings. The zero-order valence-electron chi connectivity index (χ0n) is 14.4. The third-order valence-corrected chi connectivity index (χ3v) is 5.23. The molecule has 1 saturated carbocycles. The fraction of sp³-hybridized carbons (Fsp3) is 0.353. The van der Waals surface area contributed by atoms with Gasteiger partial charge in [-0.2, -0.15) is 5.10 Å². The molecule has 1 unspecified atom stereocenters. The van der Waals surface area contributed by atoms with E-state index in [1.807, 2.05) is 0 Å². The van der Waals surface area contributed by atoms with Crippen molar-refractivity contribution in [2.45, 2.75) is 30.8 Å². The molecule has 0 bridgehead atoms. The van der Waals surface area contributed by atoms with Crippen LogP contribution >= 0.6 is 0 Å². The van der Waals surface area contributed by atoms with Gasteiger partial charge in [0.1, 0.15) is 12.4 Å². The highest BCUT2D eigenvalue weighted by atomic mass is 19.2. The predicted octanol–water partition coefficient (Wildman–Crippen LogP) is 0.406. The van der Waals surface area contributed by atoms with Gasteiger partial charge in [-0.3, -0.25) is 0 Å². The average Bonchev–Trinajstić information content (AvgIpc) is 3.25. The summed E-state index contributed by atoms with van der Waals surface area (Å²) in [5, 5.41) is 36.3. The van der Waals surface area contributed by atoms with Gasteiger partial charge in [0.05, 0.1) is 29.8 Å². The number of hydrogen-bond donors (Lipinski definition) is 5. The van der Waals surface area contributed by atoms with E-state index in [2.05, 4.69) is 20.5 Å². The molecular formula is C17H18F2N6O3. The molecule has 11 heteroatoms. The number of nitrogens with two attached hydrogens (primary N) is 1. The minimum atomic E-state index is -1.30. The Morgan fingerprint density at radius 2 is 1.96 bits per heavy atom. The highest BCUT2D eigenvalue weighted by Gasteiger charge is 2.46. The molecule has 4 rings (SSSR count). The van der Waals surface area contributed by atoms with E-state index in [0.717, 1.165) is 12.1 Å². The summed E-state index contributed by atoms with van der Waals surface area (Å²) in [7, 11) is 0. The van der Waals surface area contributed by atoms with Crippen LogP contribution in [0.25, 0.3) is 11.0 Å². The molecule has 2 aromatic heterocycles. The molecular weight excluding hydrogens is 374 g/mol. The fourth-order valence-electron chi connectivity index (χ4n) is 3.76. The Kier molecular flexibility index (Phi) is 4.67. The maximum Gasteiger partial charge on any atom is 0.163 e. The van der Waals surface area contributed by atoms with Gasteiger partial charge in [0.15, 0.2) is 23.1 Å². The second-order valence-electron chi connectivity index (χ2n) is 6.76. The van der Waals surface area contributed by atoms with Crippen molar-refractivity contribution < 1.29 is 24.1 Å². The normalized spacial score (nSPS) is 25.9. The first-order chi connectivity index (χ1) is 13.4. The molecule has 0 saturated heterocycles. The van der Waals surface area contributed by atoms with Crippen LogP contribution in [-0.4, -0.2) is 47.3 Å². The van der Waals surface area contributed by atoms with Gasteiger partial charge in [-0.1, -0.05) is 6.07 Å². The van der Waals surface area contributed by atoms with Crippen molar-refractivity contribution in [2.24, 2.45) is 11.8 Å². The Hall–Kier alpha value is -2.73. The van der Waals surface area contributed by atoms with Crippen LogP contribution in [0.4, 0.5) is 14.6 Å². The number of halogens is 2. The Labute approximate surface area is 157 Å². The molecule has 148 valence electrons. The van der Waals surface area contributed by atoms with Crippen LogP contribution in [0, 0.1) is 17.6 Å². The first-order valence-corrected chi connectivity index (χ1v) is 8.56. The summed E-state index contributed by atoms with van der Waals surface area (Å²) in [6, 6.07) is 2.33. The van der Waals surface area contributed by atoms with Crippen LogP contribution in [0.15, 0.2) is 30.7 Å². The fourth-order valence-corrected chi connectivity index (χ4v) is 3.76. The Bertz CT molecular complexity index is 1020. The van der Waals surface area contributed by atoms with E-state index in [4.69, 9.17) is 5.84 Å². The topological polar surface area (TPSA) is 142 Å². The number of nitrogen functional groups attached to an aromatic ring is 1. The van der Waals surface area contributed by atoms with E-state index in [9.17, 15) is 24.1 Å². The quantitative estimate of drug-likeness (QED) is 0.317. The Balaban J connectivity index is 1.65. The van der Waals surface area contributed by atoms with Crippen molar-refractivity contribution in [3.05, 3.63) is 47.9 Å². The minimum Gasteiger partial charge on any atom is -0.390 e. The molecule has 0 amide bonds. The molecule has 6 N–H and O–H groups in total. The van der Waals surface area contributed by atoms with Crippen LogP contribution in [0.5, 0.6) is 0 Å². The zero-order chi connectivity index (χ0) is 20.0. The van der Waals surface area contributed by atoms with Gasteiger partial charge >= 0.3 is 0 Å². The van der Waals surface area contributed by atoms with Gasteiger partial charge < -0.3 is 20.7 Å². The smallest absolute Gasteiger partial charge is 0.163 e. The molecule has 1 aromatic carbocycles. The third-order valence-electron chi connectivity index (χ3n) is 5.23. The molecule has 1 fully saturated rings. The second kappa shape index (κ2) is 7.02. The summed E-state index contributed by atoms with van der Waals surface area (Å²) in [6.45, 7) is 0. The summed E-state index contributed by atoms with van der Waals surface area (Å²) in [4.78, 5) is 8.13. The van der Waals surface area contributed by atoms with E-state index < -0.39 is 41.9 Å². The lowest BCUT2D eigenvalue weighted by molar-refractivity contribution is -0.0272. The number of benzene rings is 1. The number of nitrogens with one attached hydrogen (secondary N) is 1. The summed E-state index contributed by atoms with van der Waals surface area (Å²) < 4.78 is 28.1. The number of hydrazine groups is 1. The SMILES string of the molecule is NNc1ncnc2c1cnn2[C@@H]1C[C@H](C(O)c2ccc(F)c(F)c2)[C@@H](O)[C@H]1O. The van der Waals surface area contributed by atoms with Gasteiger partial charge in [0, 0.05) is 5.92 Å². The third kappa shape index (κ3) is 2.88. The van der Waals surface area contributed by atoms with E-state index in [0.29, 0.717) is 16.9 Å². The average molecular weight is 392 g/mol. The van der Waals surface area contributed by atoms with Crippen molar-refractivity contribution >= 4 is 16.9 Å². The van der Waals surface area contributed by atoms with Gasteiger partial charge in [0.2, 0.25) is 0 Å². The summed E-state index contributed by atoms with van der Waals surface area (Å²) in [6.07, 6.45) is -0.973. The number of nitrogens with zero attached hydrogens (tertiary/aromatic N) is 4. The minimum absolute atomic E-state index is 0.109. The molecule has 0 aliphatic heterocycles. The molecule has 1 aliphatic rings. The molecule has 5 atom stereocenters. The van der Waals surface area contributed by atoms with Crippen LogP contribution in [0.3, 0.4) is 0 Å². The Morgan fingerprint density at radius 3 is 2.68 bits per heavy atom. The van der Waals surface area contributed by atoms with Crippen molar-refractivity contribution in [1.82, 2.24) is 19.7 Å². The first kappa shape index (κ1) is 18.6. The largest absolute Gasteiger partial charge is 0.390 e. The van der Waals surface area contributed by atoms with Crippen LogP contribution in [0.2, 0.25) is 0 Å². The van der Waals surface area contributed by atoms with Crippen molar-refractivity contribution in [2.75, 3.05) is 5.43 Å². The van der Waals surface area contributed by atoms with E-state index in [1.165, 1.54) is 23.3 Å².